The zero-order valence-electron chi connectivity index (χ0n) is 9.54. The predicted molar refractivity (Wildman–Crippen MR) is 66.6 cm³/mol. The van der Waals surface area contributed by atoms with E-state index in [1.165, 1.54) is 6.07 Å². The van der Waals surface area contributed by atoms with Crippen LogP contribution in [0.3, 0.4) is 0 Å². The van der Waals surface area contributed by atoms with Gasteiger partial charge in [0.05, 0.1) is 18.2 Å². The van der Waals surface area contributed by atoms with Crippen molar-refractivity contribution in [3.8, 4) is 0 Å². The van der Waals surface area contributed by atoms with E-state index in [4.69, 9.17) is 0 Å². The molecular weight excluding hydrogens is 311 g/mol. The molecule has 0 bridgehead atoms. The molecule has 0 amide bonds. The first-order valence-corrected chi connectivity index (χ1v) is 6.47. The van der Waals surface area contributed by atoms with Crippen LogP contribution in [0.5, 0.6) is 0 Å². The van der Waals surface area contributed by atoms with E-state index in [2.05, 4.69) is 15.9 Å². The average Bonchev–Trinajstić information content (AvgIpc) is 2.75. The van der Waals surface area contributed by atoms with Crippen molar-refractivity contribution in [2.24, 2.45) is 0 Å². The highest BCUT2D eigenvalue weighted by molar-refractivity contribution is 9.10. The van der Waals surface area contributed by atoms with Gasteiger partial charge in [0.2, 0.25) is 0 Å². The van der Waals surface area contributed by atoms with E-state index in [1.807, 2.05) is 0 Å². The van der Waals surface area contributed by atoms with Crippen molar-refractivity contribution in [2.75, 3.05) is 18.1 Å². The summed E-state index contributed by atoms with van der Waals surface area (Å²) in [5.41, 5.74) is -0.500. The maximum Gasteiger partial charge on any atom is 0.418 e. The van der Waals surface area contributed by atoms with Crippen LogP contribution in [0.15, 0.2) is 22.7 Å². The molecule has 0 spiro atoms. The number of anilines is 1. The van der Waals surface area contributed by atoms with Gasteiger partial charge in [-0.25, -0.2) is 0 Å². The Balaban J connectivity index is 2.44. The van der Waals surface area contributed by atoms with Crippen molar-refractivity contribution in [3.63, 3.8) is 0 Å². The van der Waals surface area contributed by atoms with Crippen LogP contribution in [0, 0.1) is 0 Å². The van der Waals surface area contributed by atoms with Crippen molar-refractivity contribution in [1.29, 1.82) is 0 Å². The van der Waals surface area contributed by atoms with E-state index in [-0.39, 0.29) is 18.3 Å². The minimum absolute atomic E-state index is 0.118. The third kappa shape index (κ3) is 2.64. The standard InChI is InChI=1S/C12H13BrF3NO/c13-8-3-4-11(10(6-8)12(14,15)16)17-5-1-2-9(17)7-18/h3-4,6,9,18H,1-2,5,7H2. The first-order valence-electron chi connectivity index (χ1n) is 5.67. The molecule has 1 aromatic carbocycles. The Bertz CT molecular complexity index is 436. The number of aliphatic hydroxyl groups excluding tert-OH is 1. The number of aliphatic hydroxyl groups is 1. The Labute approximate surface area is 112 Å². The van der Waals surface area contributed by atoms with Gasteiger partial charge < -0.3 is 10.0 Å². The molecule has 1 N–H and O–H groups in total. The van der Waals surface area contributed by atoms with Gasteiger partial charge in [-0.15, -0.1) is 0 Å². The molecule has 100 valence electrons. The number of hydrogen-bond donors (Lipinski definition) is 1. The summed E-state index contributed by atoms with van der Waals surface area (Å²) in [5, 5.41) is 9.21. The Hall–Kier alpha value is -0.750. The molecule has 0 saturated carbocycles. The molecule has 2 nitrogen and oxygen atoms in total. The zero-order chi connectivity index (χ0) is 13.3. The SMILES string of the molecule is OCC1CCCN1c1ccc(Br)cc1C(F)(F)F. The Morgan fingerprint density at radius 2 is 2.11 bits per heavy atom. The van der Waals surface area contributed by atoms with Crippen molar-refractivity contribution in [2.45, 2.75) is 25.1 Å². The summed E-state index contributed by atoms with van der Waals surface area (Å²) < 4.78 is 39.4. The van der Waals surface area contributed by atoms with Crippen LogP contribution in [0.1, 0.15) is 18.4 Å². The van der Waals surface area contributed by atoms with E-state index in [0.29, 0.717) is 11.0 Å². The smallest absolute Gasteiger partial charge is 0.394 e. The summed E-state index contributed by atoms with van der Waals surface area (Å²) in [6.45, 7) is 0.434. The van der Waals surface area contributed by atoms with Gasteiger partial charge in [0, 0.05) is 16.7 Å². The van der Waals surface area contributed by atoms with Gasteiger partial charge in [0.15, 0.2) is 0 Å². The van der Waals surface area contributed by atoms with E-state index in [9.17, 15) is 18.3 Å². The van der Waals surface area contributed by atoms with Gasteiger partial charge in [-0.2, -0.15) is 13.2 Å². The van der Waals surface area contributed by atoms with Crippen molar-refractivity contribution >= 4 is 21.6 Å². The van der Waals surface area contributed by atoms with Crippen LogP contribution in [0.25, 0.3) is 0 Å². The van der Waals surface area contributed by atoms with Gasteiger partial charge in [-0.05, 0) is 31.0 Å². The number of halogens is 4. The summed E-state index contributed by atoms with van der Waals surface area (Å²) >= 11 is 3.06. The van der Waals surface area contributed by atoms with Gasteiger partial charge in [0.1, 0.15) is 0 Å². The lowest BCUT2D eigenvalue weighted by molar-refractivity contribution is -0.137. The van der Waals surface area contributed by atoms with Gasteiger partial charge in [-0.1, -0.05) is 15.9 Å². The van der Waals surface area contributed by atoms with E-state index < -0.39 is 11.7 Å². The van der Waals surface area contributed by atoms with Crippen LogP contribution in [0.2, 0.25) is 0 Å². The fourth-order valence-corrected chi connectivity index (χ4v) is 2.69. The second-order valence-corrected chi connectivity index (χ2v) is 5.25. The van der Waals surface area contributed by atoms with Gasteiger partial charge >= 0.3 is 6.18 Å². The Morgan fingerprint density at radius 1 is 1.39 bits per heavy atom. The molecule has 0 radical (unpaired) electrons. The molecule has 6 heteroatoms. The summed E-state index contributed by atoms with van der Waals surface area (Å²) in [6, 6.07) is 3.92. The normalized spacial score (nSPS) is 20.5. The number of benzene rings is 1. The highest BCUT2D eigenvalue weighted by Gasteiger charge is 2.37. The molecule has 1 saturated heterocycles. The van der Waals surface area contributed by atoms with Crippen LogP contribution in [-0.4, -0.2) is 24.3 Å². The summed E-state index contributed by atoms with van der Waals surface area (Å²) in [5.74, 6) is 0. The van der Waals surface area contributed by atoms with Crippen LogP contribution in [0.4, 0.5) is 18.9 Å². The first kappa shape index (κ1) is 13.7. The van der Waals surface area contributed by atoms with Crippen LogP contribution >= 0.6 is 15.9 Å². The molecule has 1 heterocycles. The molecule has 1 atom stereocenters. The molecule has 1 aromatic rings. The maximum atomic E-state index is 13.0. The average molecular weight is 324 g/mol. The summed E-state index contributed by atoms with van der Waals surface area (Å²) in [4.78, 5) is 1.65. The van der Waals surface area contributed by atoms with Gasteiger partial charge in [-0.3, -0.25) is 0 Å². The number of hydrogen-bond acceptors (Lipinski definition) is 2. The molecule has 1 fully saturated rings. The lowest BCUT2D eigenvalue weighted by Crippen LogP contribution is -2.33. The topological polar surface area (TPSA) is 23.5 Å². The molecule has 18 heavy (non-hydrogen) atoms. The molecule has 0 aromatic heterocycles. The highest BCUT2D eigenvalue weighted by atomic mass is 79.9. The Kier molecular flexibility index (Phi) is 3.87. The fourth-order valence-electron chi connectivity index (χ4n) is 2.33. The third-order valence-electron chi connectivity index (χ3n) is 3.16. The lowest BCUT2D eigenvalue weighted by Gasteiger charge is -2.28. The quantitative estimate of drug-likeness (QED) is 0.901. The first-order chi connectivity index (χ1) is 8.43. The molecular formula is C12H13BrF3NO. The third-order valence-corrected chi connectivity index (χ3v) is 3.65. The Morgan fingerprint density at radius 3 is 2.72 bits per heavy atom. The number of nitrogens with zero attached hydrogens (tertiary/aromatic N) is 1. The van der Waals surface area contributed by atoms with E-state index in [1.54, 1.807) is 11.0 Å². The summed E-state index contributed by atoms with van der Waals surface area (Å²) in [6.07, 6.45) is -2.86. The van der Waals surface area contributed by atoms with Crippen LogP contribution in [-0.2, 0) is 6.18 Å². The second-order valence-electron chi connectivity index (χ2n) is 4.33. The minimum atomic E-state index is -4.39. The van der Waals surface area contributed by atoms with Crippen LogP contribution < -0.4 is 4.90 Å². The monoisotopic (exact) mass is 323 g/mol. The fraction of sp³-hybridized carbons (Fsp3) is 0.500. The summed E-state index contributed by atoms with van der Waals surface area (Å²) in [7, 11) is 0. The molecule has 1 unspecified atom stereocenters. The molecule has 1 aliphatic heterocycles. The van der Waals surface area contributed by atoms with E-state index in [0.717, 1.165) is 18.9 Å². The number of rotatable bonds is 2. The van der Waals surface area contributed by atoms with E-state index >= 15 is 0 Å². The minimum Gasteiger partial charge on any atom is -0.394 e. The molecule has 0 aliphatic carbocycles. The van der Waals surface area contributed by atoms with Crippen molar-refractivity contribution < 1.29 is 18.3 Å². The zero-order valence-corrected chi connectivity index (χ0v) is 11.1. The highest BCUT2D eigenvalue weighted by Crippen LogP contribution is 2.40. The molecule has 1 aliphatic rings. The van der Waals surface area contributed by atoms with Crippen molar-refractivity contribution in [3.05, 3.63) is 28.2 Å². The lowest BCUT2D eigenvalue weighted by atomic mass is 10.1. The van der Waals surface area contributed by atoms with Gasteiger partial charge in [0.25, 0.3) is 0 Å². The largest absolute Gasteiger partial charge is 0.418 e. The number of alkyl halides is 3. The predicted octanol–water partition coefficient (Wildman–Crippen LogP) is 3.43. The second kappa shape index (κ2) is 5.09. The molecule has 2 rings (SSSR count). The van der Waals surface area contributed by atoms with Crippen molar-refractivity contribution in [1.82, 2.24) is 0 Å². The maximum absolute atomic E-state index is 13.0.